The Morgan fingerprint density at radius 3 is 2.72 bits per heavy atom. The van der Waals surface area contributed by atoms with Crippen molar-refractivity contribution in [1.82, 2.24) is 14.6 Å². The number of pyridine rings is 1. The van der Waals surface area contributed by atoms with Gasteiger partial charge in [-0.3, -0.25) is 4.79 Å². The quantitative estimate of drug-likeness (QED) is 0.449. The fourth-order valence-electron chi connectivity index (χ4n) is 2.75. The normalized spacial score (nSPS) is 10.8. The van der Waals surface area contributed by atoms with Crippen LogP contribution < -0.4 is 15.8 Å². The molecule has 0 radical (unpaired) electrons. The number of primary amides is 1. The summed E-state index contributed by atoms with van der Waals surface area (Å²) in [7, 11) is 0. The van der Waals surface area contributed by atoms with E-state index in [0.29, 0.717) is 27.9 Å². The van der Waals surface area contributed by atoms with Crippen LogP contribution in [0.15, 0.2) is 60.8 Å². The summed E-state index contributed by atoms with van der Waals surface area (Å²) in [5, 5.41) is 17.8. The van der Waals surface area contributed by atoms with Crippen molar-refractivity contribution in [3.63, 3.8) is 0 Å². The summed E-state index contributed by atoms with van der Waals surface area (Å²) in [5.74, 6) is 0.543. The minimum absolute atomic E-state index is 0.133. The number of nitrogens with one attached hydrogen (secondary N) is 1. The molecule has 8 nitrogen and oxygen atoms in total. The van der Waals surface area contributed by atoms with E-state index in [1.807, 2.05) is 12.1 Å². The molecule has 1 amide bonds. The number of ether oxygens (including phenoxy) is 1. The molecule has 4 aromatic rings. The molecule has 0 aliphatic carbocycles. The Morgan fingerprint density at radius 2 is 1.97 bits per heavy atom. The van der Waals surface area contributed by atoms with Gasteiger partial charge in [0.25, 0.3) is 5.91 Å². The highest BCUT2D eigenvalue weighted by molar-refractivity contribution is 6.33. The first-order valence-corrected chi connectivity index (χ1v) is 8.99. The third kappa shape index (κ3) is 4.22. The van der Waals surface area contributed by atoms with Crippen LogP contribution in [0.1, 0.15) is 0 Å². The van der Waals surface area contributed by atoms with Crippen LogP contribution in [0.5, 0.6) is 11.5 Å². The Balaban J connectivity index is 1.55. The highest BCUT2D eigenvalue weighted by atomic mass is 35.5. The highest BCUT2D eigenvalue weighted by Gasteiger charge is 2.09. The zero-order valence-electron chi connectivity index (χ0n) is 15.0. The average Bonchev–Trinajstić information content (AvgIpc) is 3.10. The third-order valence-electron chi connectivity index (χ3n) is 4.08. The van der Waals surface area contributed by atoms with Crippen molar-refractivity contribution < 1.29 is 14.6 Å². The Bertz CT molecular complexity index is 1190. The molecular weight excluding hydrogens is 394 g/mol. The van der Waals surface area contributed by atoms with E-state index in [2.05, 4.69) is 15.4 Å². The number of aromatic nitrogens is 3. The molecule has 0 atom stereocenters. The number of rotatable bonds is 6. The molecule has 0 fully saturated rings. The van der Waals surface area contributed by atoms with Gasteiger partial charge >= 0.3 is 0 Å². The van der Waals surface area contributed by atoms with Crippen LogP contribution in [-0.4, -0.2) is 32.2 Å². The fraction of sp³-hybridized carbons (Fsp3) is 0.0500. The number of anilines is 2. The van der Waals surface area contributed by atoms with Crippen LogP contribution in [0.3, 0.4) is 0 Å². The van der Waals surface area contributed by atoms with Crippen molar-refractivity contribution in [2.75, 3.05) is 11.9 Å². The second kappa shape index (κ2) is 7.69. The number of nitrogens with zero attached hydrogens (tertiary/aromatic N) is 3. The van der Waals surface area contributed by atoms with Crippen LogP contribution >= 0.6 is 11.6 Å². The van der Waals surface area contributed by atoms with Crippen LogP contribution in [0.4, 0.5) is 11.6 Å². The van der Waals surface area contributed by atoms with Gasteiger partial charge in [0.1, 0.15) is 11.5 Å². The van der Waals surface area contributed by atoms with E-state index in [4.69, 9.17) is 22.1 Å². The van der Waals surface area contributed by atoms with Crippen molar-refractivity contribution in [3.8, 4) is 22.6 Å². The Morgan fingerprint density at radius 1 is 1.17 bits per heavy atom. The maximum absolute atomic E-state index is 10.8. The lowest BCUT2D eigenvalue weighted by atomic mass is 10.1. The van der Waals surface area contributed by atoms with Crippen molar-refractivity contribution in [2.45, 2.75) is 0 Å². The Labute approximate surface area is 170 Å². The Kier molecular flexibility index (Phi) is 4.92. The van der Waals surface area contributed by atoms with Gasteiger partial charge in [-0.15, -0.1) is 5.10 Å². The number of amides is 1. The molecule has 0 bridgehead atoms. The second-order valence-corrected chi connectivity index (χ2v) is 6.63. The third-order valence-corrected chi connectivity index (χ3v) is 4.41. The summed E-state index contributed by atoms with van der Waals surface area (Å²) in [6.45, 7) is -0.174. The van der Waals surface area contributed by atoms with E-state index in [0.717, 1.165) is 11.3 Å². The van der Waals surface area contributed by atoms with Gasteiger partial charge in [0.15, 0.2) is 12.3 Å². The maximum Gasteiger partial charge on any atom is 0.255 e. The standard InChI is InChI=1S/C20H16ClN5O3/c21-17-7-4-14(27)9-16(17)12-1-8-19-24-20(25-26(19)10-12)23-13-2-5-15(6-3-13)29-11-18(22)28/h1-10,27H,11H2,(H2,22,28)(H,23,25). The van der Waals surface area contributed by atoms with Crippen LogP contribution in [0.2, 0.25) is 5.02 Å². The summed E-state index contributed by atoms with van der Waals surface area (Å²) in [6.07, 6.45) is 1.79. The summed E-state index contributed by atoms with van der Waals surface area (Å²) in [4.78, 5) is 15.2. The number of carbonyl (C=O) groups is 1. The zero-order valence-corrected chi connectivity index (χ0v) is 15.8. The first kappa shape index (κ1) is 18.6. The topological polar surface area (TPSA) is 115 Å². The minimum Gasteiger partial charge on any atom is -0.508 e. The molecule has 0 unspecified atom stereocenters. The lowest BCUT2D eigenvalue weighted by Crippen LogP contribution is -2.19. The van der Waals surface area contributed by atoms with Gasteiger partial charge in [0.2, 0.25) is 5.95 Å². The summed E-state index contributed by atoms with van der Waals surface area (Å²) >= 11 is 6.24. The second-order valence-electron chi connectivity index (χ2n) is 6.22. The zero-order chi connectivity index (χ0) is 20.4. The van der Waals surface area contributed by atoms with Crippen LogP contribution in [0.25, 0.3) is 16.8 Å². The number of carbonyl (C=O) groups excluding carboxylic acids is 1. The molecule has 0 spiro atoms. The molecule has 146 valence electrons. The molecule has 4 rings (SSSR count). The number of fused-ring (bicyclic) bond motifs is 1. The molecule has 29 heavy (non-hydrogen) atoms. The van der Waals surface area contributed by atoms with Crippen molar-refractivity contribution >= 4 is 34.8 Å². The molecule has 0 aliphatic rings. The van der Waals surface area contributed by atoms with Crippen LogP contribution in [0, 0.1) is 0 Å². The molecule has 2 aromatic heterocycles. The number of benzene rings is 2. The van der Waals surface area contributed by atoms with Gasteiger partial charge in [0, 0.05) is 28.0 Å². The number of nitrogens with two attached hydrogens (primary N) is 1. The van der Waals surface area contributed by atoms with Gasteiger partial charge in [0.05, 0.1) is 0 Å². The van der Waals surface area contributed by atoms with Gasteiger partial charge in [-0.1, -0.05) is 11.6 Å². The van der Waals surface area contributed by atoms with Crippen molar-refractivity contribution in [1.29, 1.82) is 0 Å². The summed E-state index contributed by atoms with van der Waals surface area (Å²) in [5.41, 5.74) is 7.95. The smallest absolute Gasteiger partial charge is 0.255 e. The number of aromatic hydroxyl groups is 1. The predicted molar refractivity (Wildman–Crippen MR) is 110 cm³/mol. The van der Waals surface area contributed by atoms with Crippen molar-refractivity contribution in [3.05, 3.63) is 65.8 Å². The number of phenolic OH excluding ortho intramolecular Hbond substituents is 1. The molecule has 0 saturated heterocycles. The highest BCUT2D eigenvalue weighted by Crippen LogP contribution is 2.31. The molecule has 2 heterocycles. The number of hydrogen-bond acceptors (Lipinski definition) is 6. The van der Waals surface area contributed by atoms with Gasteiger partial charge < -0.3 is 20.9 Å². The molecule has 0 aliphatic heterocycles. The van der Waals surface area contributed by atoms with E-state index < -0.39 is 5.91 Å². The molecule has 4 N–H and O–H groups in total. The fourth-order valence-corrected chi connectivity index (χ4v) is 2.97. The van der Waals surface area contributed by atoms with Crippen molar-refractivity contribution in [2.24, 2.45) is 5.73 Å². The summed E-state index contributed by atoms with van der Waals surface area (Å²) in [6, 6.07) is 15.4. The molecular formula is C20H16ClN5O3. The molecule has 0 saturated carbocycles. The van der Waals surface area contributed by atoms with E-state index in [1.54, 1.807) is 47.1 Å². The van der Waals surface area contributed by atoms with Gasteiger partial charge in [-0.05, 0) is 54.6 Å². The van der Waals surface area contributed by atoms with E-state index >= 15 is 0 Å². The first-order chi connectivity index (χ1) is 14.0. The van der Waals surface area contributed by atoms with E-state index in [9.17, 15) is 9.90 Å². The number of hydrogen-bond donors (Lipinski definition) is 3. The largest absolute Gasteiger partial charge is 0.508 e. The minimum atomic E-state index is -0.535. The molecule has 2 aromatic carbocycles. The lowest BCUT2D eigenvalue weighted by Gasteiger charge is -2.05. The van der Waals surface area contributed by atoms with Gasteiger partial charge in [-0.2, -0.15) is 4.98 Å². The average molecular weight is 410 g/mol. The number of phenols is 1. The lowest BCUT2D eigenvalue weighted by molar-refractivity contribution is -0.119. The molecule has 9 heteroatoms. The van der Waals surface area contributed by atoms with E-state index in [-0.39, 0.29) is 12.4 Å². The monoisotopic (exact) mass is 409 g/mol. The Hall–Kier alpha value is -3.78. The SMILES string of the molecule is NC(=O)COc1ccc(Nc2nc3ccc(-c4cc(O)ccc4Cl)cn3n2)cc1. The van der Waals surface area contributed by atoms with Gasteiger partial charge in [-0.25, -0.2) is 4.52 Å². The van der Waals surface area contributed by atoms with E-state index in [1.165, 1.54) is 6.07 Å². The summed E-state index contributed by atoms with van der Waals surface area (Å²) < 4.78 is 6.85. The maximum atomic E-state index is 10.8. The number of halogens is 1. The first-order valence-electron chi connectivity index (χ1n) is 8.61. The predicted octanol–water partition coefficient (Wildman–Crippen LogP) is 3.36. The van der Waals surface area contributed by atoms with Crippen LogP contribution in [-0.2, 0) is 4.79 Å².